The van der Waals surface area contributed by atoms with Gasteiger partial charge in [0.15, 0.2) is 0 Å². The van der Waals surface area contributed by atoms with Gasteiger partial charge in [0.2, 0.25) is 11.8 Å². The lowest BCUT2D eigenvalue weighted by molar-refractivity contribution is -0.116. The van der Waals surface area contributed by atoms with Crippen LogP contribution in [0, 0.1) is 0 Å². The molecule has 0 aliphatic carbocycles. The van der Waals surface area contributed by atoms with Gasteiger partial charge in [-0.15, -0.1) is 0 Å². The van der Waals surface area contributed by atoms with Crippen molar-refractivity contribution < 1.29 is 19.0 Å². The van der Waals surface area contributed by atoms with Crippen molar-refractivity contribution in [1.82, 2.24) is 9.88 Å². The molecule has 128 valence electrons. The number of nitrogens with one attached hydrogen (secondary N) is 1. The zero-order valence-corrected chi connectivity index (χ0v) is 14.4. The summed E-state index contributed by atoms with van der Waals surface area (Å²) in [7, 11) is 1.51. The molecule has 0 aromatic carbocycles. The van der Waals surface area contributed by atoms with E-state index in [0.29, 0.717) is 37.1 Å². The van der Waals surface area contributed by atoms with Crippen LogP contribution in [0.15, 0.2) is 12.1 Å². The molecule has 0 radical (unpaired) electrons. The maximum Gasteiger partial charge on any atom is 0.322 e. The predicted octanol–water partition coefficient (Wildman–Crippen LogP) is 2.52. The van der Waals surface area contributed by atoms with Crippen molar-refractivity contribution in [1.29, 1.82) is 0 Å². The summed E-state index contributed by atoms with van der Waals surface area (Å²) in [4.78, 5) is 18.5. The van der Waals surface area contributed by atoms with Crippen LogP contribution in [0.3, 0.4) is 0 Å². The van der Waals surface area contributed by atoms with Gasteiger partial charge in [-0.1, -0.05) is 0 Å². The normalized spacial score (nSPS) is 20.0. The molecule has 1 aliphatic rings. The Hall–Kier alpha value is -2.02. The maximum absolute atomic E-state index is 12.5. The van der Waals surface area contributed by atoms with E-state index in [1.807, 2.05) is 27.7 Å². The molecule has 1 fully saturated rings. The third-order valence-corrected chi connectivity index (χ3v) is 3.42. The summed E-state index contributed by atoms with van der Waals surface area (Å²) in [6.45, 7) is 9.37. The minimum absolute atomic E-state index is 0.00940. The molecular weight excluding hydrogens is 298 g/mol. The number of carbonyl (C=O) groups excluding carboxylic acids is 1. The highest BCUT2D eigenvalue weighted by molar-refractivity contribution is 5.90. The van der Waals surface area contributed by atoms with E-state index in [2.05, 4.69) is 10.3 Å². The summed E-state index contributed by atoms with van der Waals surface area (Å²) >= 11 is 0. The molecule has 7 nitrogen and oxygen atoms in total. The fourth-order valence-corrected chi connectivity index (χ4v) is 2.71. The first-order valence-electron chi connectivity index (χ1n) is 7.76. The molecule has 2 rings (SSSR count). The maximum atomic E-state index is 12.5. The summed E-state index contributed by atoms with van der Waals surface area (Å²) in [6, 6.07) is 3.23. The lowest BCUT2D eigenvalue weighted by Crippen LogP contribution is -2.54. The van der Waals surface area contributed by atoms with Gasteiger partial charge in [-0.2, -0.15) is 4.98 Å². The molecule has 1 aliphatic heterocycles. The summed E-state index contributed by atoms with van der Waals surface area (Å²) in [5.41, 5.74) is 0.147. The number of morpholine rings is 1. The number of carbonyl (C=O) groups is 1. The number of amides is 2. The van der Waals surface area contributed by atoms with Gasteiger partial charge in [0.25, 0.3) is 0 Å². The topological polar surface area (TPSA) is 72.9 Å². The number of hydrogen-bond donors (Lipinski definition) is 1. The predicted molar refractivity (Wildman–Crippen MR) is 87.2 cm³/mol. The van der Waals surface area contributed by atoms with E-state index in [1.54, 1.807) is 17.0 Å². The smallest absolute Gasteiger partial charge is 0.322 e. The van der Waals surface area contributed by atoms with Crippen LogP contribution < -0.4 is 14.8 Å². The van der Waals surface area contributed by atoms with Crippen molar-refractivity contribution in [2.75, 3.05) is 32.1 Å². The van der Waals surface area contributed by atoms with Crippen molar-refractivity contribution in [3.05, 3.63) is 12.1 Å². The van der Waals surface area contributed by atoms with Crippen molar-refractivity contribution in [3.63, 3.8) is 0 Å². The molecule has 1 aromatic rings. The van der Waals surface area contributed by atoms with Gasteiger partial charge in [0.05, 0.1) is 32.0 Å². The quantitative estimate of drug-likeness (QED) is 0.922. The Morgan fingerprint density at radius 1 is 1.52 bits per heavy atom. The fourth-order valence-electron chi connectivity index (χ4n) is 2.71. The Bertz CT molecular complexity index is 562. The van der Waals surface area contributed by atoms with Crippen LogP contribution in [0.4, 0.5) is 10.5 Å². The second-order valence-corrected chi connectivity index (χ2v) is 6.14. The van der Waals surface area contributed by atoms with Crippen LogP contribution in [-0.2, 0) is 4.74 Å². The van der Waals surface area contributed by atoms with Crippen LogP contribution in [0.25, 0.3) is 0 Å². The average molecular weight is 323 g/mol. The third-order valence-electron chi connectivity index (χ3n) is 3.42. The summed E-state index contributed by atoms with van der Waals surface area (Å²) in [6.07, 6.45) is -0.00940. The minimum atomic E-state index is -0.365. The minimum Gasteiger partial charge on any atom is -0.479 e. The number of nitrogens with zero attached hydrogens (tertiary/aromatic N) is 2. The lowest BCUT2D eigenvalue weighted by atomic mass is 10.1. The molecule has 7 heteroatoms. The molecule has 23 heavy (non-hydrogen) atoms. The highest BCUT2D eigenvalue weighted by atomic mass is 16.5. The van der Waals surface area contributed by atoms with Crippen LogP contribution >= 0.6 is 0 Å². The number of pyridine rings is 1. The highest BCUT2D eigenvalue weighted by Gasteiger charge is 2.34. The molecule has 2 amide bonds. The number of hydrogen-bond acceptors (Lipinski definition) is 5. The Labute approximate surface area is 136 Å². The number of rotatable bonds is 4. The van der Waals surface area contributed by atoms with Gasteiger partial charge < -0.3 is 24.4 Å². The number of anilines is 1. The largest absolute Gasteiger partial charge is 0.479 e. The second kappa shape index (κ2) is 7.04. The van der Waals surface area contributed by atoms with Crippen LogP contribution in [0.1, 0.15) is 27.7 Å². The number of ether oxygens (including phenoxy) is 3. The first-order chi connectivity index (χ1) is 10.8. The van der Waals surface area contributed by atoms with E-state index in [0.717, 1.165) is 0 Å². The standard InChI is InChI=1S/C16H25N3O4/c1-6-22-13-8-7-12(14(18-13)21-5)17-15(20)19-9-11(2)23-16(3,4)10-19/h7-8,11H,6,9-10H2,1-5H3,(H,17,20). The van der Waals surface area contributed by atoms with Crippen molar-refractivity contribution in [2.24, 2.45) is 0 Å². The zero-order valence-electron chi connectivity index (χ0n) is 14.4. The van der Waals surface area contributed by atoms with Gasteiger partial charge in [-0.3, -0.25) is 0 Å². The zero-order chi connectivity index (χ0) is 17.0. The lowest BCUT2D eigenvalue weighted by Gasteiger charge is -2.41. The third kappa shape index (κ3) is 4.48. The van der Waals surface area contributed by atoms with Crippen LogP contribution in [0.2, 0.25) is 0 Å². The number of aromatic nitrogens is 1. The Morgan fingerprint density at radius 3 is 2.87 bits per heavy atom. The highest BCUT2D eigenvalue weighted by Crippen LogP contribution is 2.26. The van der Waals surface area contributed by atoms with Gasteiger partial charge in [-0.05, 0) is 33.8 Å². The first kappa shape index (κ1) is 17.3. The SMILES string of the molecule is CCOc1ccc(NC(=O)N2CC(C)OC(C)(C)C2)c(OC)n1. The van der Waals surface area contributed by atoms with Crippen LogP contribution in [-0.4, -0.2) is 54.4 Å². The summed E-state index contributed by atoms with van der Waals surface area (Å²) in [5, 5.41) is 2.85. The van der Waals surface area contributed by atoms with E-state index >= 15 is 0 Å². The molecule has 0 bridgehead atoms. The molecule has 0 spiro atoms. The monoisotopic (exact) mass is 323 g/mol. The molecule has 0 saturated carbocycles. The Morgan fingerprint density at radius 2 is 2.26 bits per heavy atom. The van der Waals surface area contributed by atoms with Crippen molar-refractivity contribution in [3.8, 4) is 11.8 Å². The molecule has 2 heterocycles. The molecule has 1 aromatic heterocycles. The van der Waals surface area contributed by atoms with Gasteiger partial charge in [-0.25, -0.2) is 4.79 Å². The van der Waals surface area contributed by atoms with Crippen LogP contribution in [0.5, 0.6) is 11.8 Å². The van der Waals surface area contributed by atoms with E-state index < -0.39 is 0 Å². The number of methoxy groups -OCH3 is 1. The molecule has 1 atom stereocenters. The van der Waals surface area contributed by atoms with E-state index in [-0.39, 0.29) is 17.7 Å². The summed E-state index contributed by atoms with van der Waals surface area (Å²) in [5.74, 6) is 0.786. The average Bonchev–Trinajstić information content (AvgIpc) is 2.47. The van der Waals surface area contributed by atoms with Crippen molar-refractivity contribution in [2.45, 2.75) is 39.4 Å². The van der Waals surface area contributed by atoms with Gasteiger partial charge in [0.1, 0.15) is 5.69 Å². The van der Waals surface area contributed by atoms with Crippen molar-refractivity contribution >= 4 is 11.7 Å². The van der Waals surface area contributed by atoms with E-state index in [4.69, 9.17) is 14.2 Å². The first-order valence-corrected chi connectivity index (χ1v) is 7.76. The molecule has 1 unspecified atom stereocenters. The second-order valence-electron chi connectivity index (χ2n) is 6.14. The van der Waals surface area contributed by atoms with Gasteiger partial charge in [0, 0.05) is 12.6 Å². The van der Waals surface area contributed by atoms with Gasteiger partial charge >= 0.3 is 6.03 Å². The fraction of sp³-hybridized carbons (Fsp3) is 0.625. The van der Waals surface area contributed by atoms with E-state index in [1.165, 1.54) is 7.11 Å². The Kier molecular flexibility index (Phi) is 5.30. The summed E-state index contributed by atoms with van der Waals surface area (Å²) < 4.78 is 16.4. The van der Waals surface area contributed by atoms with E-state index in [9.17, 15) is 4.79 Å². The number of urea groups is 1. The molecule has 1 saturated heterocycles. The molecular formula is C16H25N3O4. The molecule has 1 N–H and O–H groups in total. The Balaban J connectivity index is 2.10.